The molecule has 0 heterocycles. The smallest absolute Gasteiger partial charge is 0.338 e. The molecule has 0 N–H and O–H groups in total. The first kappa shape index (κ1) is 20.9. The van der Waals surface area contributed by atoms with Crippen molar-refractivity contribution >= 4 is 38.3 Å². The zero-order valence-corrected chi connectivity index (χ0v) is 18.9. The first-order valence-electron chi connectivity index (χ1n) is 11.6. The second-order valence-corrected chi connectivity index (χ2v) is 8.78. The van der Waals surface area contributed by atoms with Gasteiger partial charge in [-0.1, -0.05) is 84.9 Å². The molecule has 6 aromatic carbocycles. The van der Waals surface area contributed by atoms with Crippen molar-refractivity contribution in [3.63, 3.8) is 0 Å². The molecule has 1 unspecified atom stereocenters. The van der Waals surface area contributed by atoms with Crippen molar-refractivity contribution in [1.82, 2.24) is 0 Å². The molecular weight excluding hydrogens is 430 g/mol. The SMILES string of the molecule is N#Cc1ccc(C(=O)OC(Cc2ccc3ccc4cccc5ccc2c3c45)c2ccccc2)cc1. The molecule has 0 fully saturated rings. The summed E-state index contributed by atoms with van der Waals surface area (Å²) in [5.74, 6) is -0.402. The van der Waals surface area contributed by atoms with Gasteiger partial charge >= 0.3 is 5.97 Å². The number of carbonyl (C=O) groups excluding carboxylic acids is 1. The number of benzene rings is 6. The van der Waals surface area contributed by atoms with Gasteiger partial charge in [0.2, 0.25) is 0 Å². The Labute approximate surface area is 203 Å². The van der Waals surface area contributed by atoms with Gasteiger partial charge in [-0.25, -0.2) is 4.79 Å². The zero-order chi connectivity index (χ0) is 23.8. The Morgan fingerprint density at radius 1 is 0.714 bits per heavy atom. The summed E-state index contributed by atoms with van der Waals surface area (Å²) < 4.78 is 6.07. The lowest BCUT2D eigenvalue weighted by molar-refractivity contribution is 0.0298. The lowest BCUT2D eigenvalue weighted by Gasteiger charge is -2.21. The average Bonchev–Trinajstić information content (AvgIpc) is 2.92. The summed E-state index contributed by atoms with van der Waals surface area (Å²) in [6, 6.07) is 37.9. The summed E-state index contributed by atoms with van der Waals surface area (Å²) >= 11 is 0. The Balaban J connectivity index is 1.42. The summed E-state index contributed by atoms with van der Waals surface area (Å²) in [5.41, 5.74) is 3.02. The lowest BCUT2D eigenvalue weighted by Crippen LogP contribution is -2.14. The van der Waals surface area contributed by atoms with E-state index >= 15 is 0 Å². The quantitative estimate of drug-likeness (QED) is 0.200. The van der Waals surface area contributed by atoms with E-state index in [-0.39, 0.29) is 0 Å². The molecule has 0 aliphatic heterocycles. The van der Waals surface area contributed by atoms with Gasteiger partial charge in [-0.3, -0.25) is 0 Å². The number of nitriles is 1. The normalized spacial score (nSPS) is 12.1. The van der Waals surface area contributed by atoms with Crippen LogP contribution in [0.4, 0.5) is 0 Å². The molecule has 0 aromatic heterocycles. The van der Waals surface area contributed by atoms with E-state index in [1.165, 1.54) is 32.3 Å². The molecule has 6 aromatic rings. The molecular formula is C32H21NO2. The van der Waals surface area contributed by atoms with Crippen LogP contribution in [0, 0.1) is 11.3 Å². The molecule has 0 bridgehead atoms. The molecule has 0 saturated carbocycles. The minimum Gasteiger partial charge on any atom is -0.454 e. The highest BCUT2D eigenvalue weighted by atomic mass is 16.5. The van der Waals surface area contributed by atoms with Crippen LogP contribution in [0.25, 0.3) is 32.3 Å². The van der Waals surface area contributed by atoms with Crippen LogP contribution in [0.2, 0.25) is 0 Å². The summed E-state index contributed by atoms with van der Waals surface area (Å²) in [5, 5.41) is 16.4. The maximum atomic E-state index is 13.1. The van der Waals surface area contributed by atoms with Gasteiger partial charge in [0.1, 0.15) is 6.10 Å². The number of nitrogens with zero attached hydrogens (tertiary/aromatic N) is 1. The fraction of sp³-hybridized carbons (Fsp3) is 0.0625. The highest BCUT2D eigenvalue weighted by Gasteiger charge is 2.21. The topological polar surface area (TPSA) is 50.1 Å². The second-order valence-electron chi connectivity index (χ2n) is 8.78. The molecule has 1 atom stereocenters. The van der Waals surface area contributed by atoms with Crippen LogP contribution < -0.4 is 0 Å². The maximum absolute atomic E-state index is 13.1. The van der Waals surface area contributed by atoms with Crippen LogP contribution in [0.15, 0.2) is 109 Å². The van der Waals surface area contributed by atoms with Crippen LogP contribution in [0.3, 0.4) is 0 Å². The van der Waals surface area contributed by atoms with Gasteiger partial charge in [0.05, 0.1) is 17.2 Å². The van der Waals surface area contributed by atoms with Crippen molar-refractivity contribution in [2.75, 3.05) is 0 Å². The van der Waals surface area contributed by atoms with Gasteiger partial charge in [-0.15, -0.1) is 0 Å². The van der Waals surface area contributed by atoms with E-state index < -0.39 is 12.1 Å². The van der Waals surface area contributed by atoms with E-state index in [9.17, 15) is 4.79 Å². The molecule has 166 valence electrons. The number of esters is 1. The third-order valence-corrected chi connectivity index (χ3v) is 6.69. The third kappa shape index (κ3) is 3.76. The van der Waals surface area contributed by atoms with Crippen molar-refractivity contribution in [3.8, 4) is 6.07 Å². The van der Waals surface area contributed by atoms with Crippen molar-refractivity contribution < 1.29 is 9.53 Å². The number of hydrogen-bond donors (Lipinski definition) is 0. The van der Waals surface area contributed by atoms with Gasteiger partial charge in [0.15, 0.2) is 0 Å². The Morgan fingerprint density at radius 2 is 1.37 bits per heavy atom. The van der Waals surface area contributed by atoms with E-state index in [4.69, 9.17) is 10.00 Å². The summed E-state index contributed by atoms with van der Waals surface area (Å²) in [7, 11) is 0. The number of carbonyl (C=O) groups is 1. The number of rotatable bonds is 5. The lowest BCUT2D eigenvalue weighted by atomic mass is 9.89. The molecule has 3 nitrogen and oxygen atoms in total. The van der Waals surface area contributed by atoms with E-state index in [2.05, 4.69) is 60.7 Å². The first-order valence-corrected chi connectivity index (χ1v) is 11.6. The average molecular weight is 452 g/mol. The summed E-state index contributed by atoms with van der Waals surface area (Å²) in [6.45, 7) is 0. The predicted molar refractivity (Wildman–Crippen MR) is 140 cm³/mol. The monoisotopic (exact) mass is 451 g/mol. The van der Waals surface area contributed by atoms with Gasteiger partial charge in [-0.2, -0.15) is 5.26 Å². The van der Waals surface area contributed by atoms with E-state index in [1.54, 1.807) is 24.3 Å². The Morgan fingerprint density at radius 3 is 2.09 bits per heavy atom. The van der Waals surface area contributed by atoms with Crippen LogP contribution in [0.5, 0.6) is 0 Å². The fourth-order valence-electron chi connectivity index (χ4n) is 4.95. The van der Waals surface area contributed by atoms with Gasteiger partial charge in [0, 0.05) is 6.42 Å². The molecule has 6 rings (SSSR count). The highest BCUT2D eigenvalue weighted by molar-refractivity contribution is 6.23. The fourth-order valence-corrected chi connectivity index (χ4v) is 4.95. The molecule has 0 amide bonds. The second kappa shape index (κ2) is 8.59. The van der Waals surface area contributed by atoms with Crippen LogP contribution in [-0.4, -0.2) is 5.97 Å². The minimum atomic E-state index is -0.446. The van der Waals surface area contributed by atoms with Crippen molar-refractivity contribution in [1.29, 1.82) is 5.26 Å². The first-order chi connectivity index (χ1) is 17.2. The molecule has 3 heteroatoms. The van der Waals surface area contributed by atoms with Crippen molar-refractivity contribution in [2.45, 2.75) is 12.5 Å². The van der Waals surface area contributed by atoms with Crippen molar-refractivity contribution in [3.05, 3.63) is 131 Å². The van der Waals surface area contributed by atoms with Gasteiger partial charge < -0.3 is 4.74 Å². The van der Waals surface area contributed by atoms with Crippen LogP contribution in [-0.2, 0) is 11.2 Å². The maximum Gasteiger partial charge on any atom is 0.338 e. The third-order valence-electron chi connectivity index (χ3n) is 6.69. The standard InChI is InChI=1S/C32H21NO2/c33-20-21-9-11-26(12-10-21)32(34)35-29(22-5-2-1-3-6-22)19-27-16-15-25-14-13-23-7-4-8-24-17-18-28(27)31(25)30(23)24/h1-18,29H,19H2. The predicted octanol–water partition coefficient (Wildman–Crippen LogP) is 7.60. The Kier molecular flexibility index (Phi) is 5.13. The Bertz CT molecular complexity index is 1700. The number of ether oxygens (including phenoxy) is 1. The zero-order valence-electron chi connectivity index (χ0n) is 18.9. The largest absolute Gasteiger partial charge is 0.454 e. The summed E-state index contributed by atoms with van der Waals surface area (Å²) in [6.07, 6.45) is 0.109. The minimum absolute atomic E-state index is 0.402. The van der Waals surface area contributed by atoms with Gasteiger partial charge in [0.25, 0.3) is 0 Å². The van der Waals surface area contributed by atoms with E-state index in [0.717, 1.165) is 11.1 Å². The molecule has 35 heavy (non-hydrogen) atoms. The highest BCUT2D eigenvalue weighted by Crippen LogP contribution is 2.37. The van der Waals surface area contributed by atoms with Crippen LogP contribution >= 0.6 is 0 Å². The van der Waals surface area contributed by atoms with E-state index in [0.29, 0.717) is 17.5 Å². The molecule has 0 radical (unpaired) electrons. The molecule has 0 saturated heterocycles. The molecule has 0 spiro atoms. The summed E-state index contributed by atoms with van der Waals surface area (Å²) in [4.78, 5) is 13.1. The van der Waals surface area contributed by atoms with Crippen LogP contribution in [0.1, 0.15) is 33.2 Å². The Hall–Kier alpha value is -4.68. The molecule has 0 aliphatic rings. The van der Waals surface area contributed by atoms with Gasteiger partial charge in [-0.05, 0) is 67.7 Å². The number of hydrogen-bond acceptors (Lipinski definition) is 3. The van der Waals surface area contributed by atoms with E-state index in [1.807, 2.05) is 30.3 Å². The molecule has 0 aliphatic carbocycles. The van der Waals surface area contributed by atoms with Crippen molar-refractivity contribution in [2.24, 2.45) is 0 Å².